The number of anilines is 2. The minimum Gasteiger partial charge on any atom is -0.338 e. The van der Waals surface area contributed by atoms with Crippen molar-refractivity contribution in [1.82, 2.24) is 4.90 Å². The van der Waals surface area contributed by atoms with Crippen LogP contribution in [0.3, 0.4) is 0 Å². The summed E-state index contributed by atoms with van der Waals surface area (Å²) < 4.78 is 0. The average molecular weight is 405 g/mol. The number of nitrogens with zero attached hydrogens (tertiary/aromatic N) is 2. The number of piperidine rings is 1. The molecule has 2 aliphatic heterocycles. The van der Waals surface area contributed by atoms with E-state index in [1.165, 1.54) is 4.90 Å². The summed E-state index contributed by atoms with van der Waals surface area (Å²) in [7, 11) is 0. The maximum atomic E-state index is 12.9. The van der Waals surface area contributed by atoms with Crippen LogP contribution in [0.5, 0.6) is 0 Å². The van der Waals surface area contributed by atoms with Crippen molar-refractivity contribution in [3.63, 3.8) is 0 Å². The fourth-order valence-corrected chi connectivity index (χ4v) is 3.94. The van der Waals surface area contributed by atoms with Gasteiger partial charge in [-0.05, 0) is 49.2 Å². The second kappa shape index (κ2) is 8.49. The van der Waals surface area contributed by atoms with E-state index in [2.05, 4.69) is 5.32 Å². The molecule has 1 N–H and O–H groups in total. The fourth-order valence-electron chi connectivity index (χ4n) is 3.94. The van der Waals surface area contributed by atoms with Gasteiger partial charge in [0.15, 0.2) is 0 Å². The van der Waals surface area contributed by atoms with Gasteiger partial charge in [-0.2, -0.15) is 0 Å². The molecule has 1 unspecified atom stereocenters. The van der Waals surface area contributed by atoms with Crippen LogP contribution in [0, 0.1) is 5.92 Å². The lowest BCUT2D eigenvalue weighted by Gasteiger charge is -2.32. The number of likely N-dealkylation sites (tertiary alicyclic amines) is 1. The van der Waals surface area contributed by atoms with Gasteiger partial charge >= 0.3 is 0 Å². The molecule has 0 bridgehead atoms. The first-order chi connectivity index (χ1) is 14.5. The van der Waals surface area contributed by atoms with Crippen molar-refractivity contribution >= 4 is 35.0 Å². The Hall–Kier alpha value is -3.48. The van der Waals surface area contributed by atoms with Gasteiger partial charge in [-0.25, -0.2) is 0 Å². The van der Waals surface area contributed by atoms with E-state index in [1.807, 2.05) is 30.3 Å². The van der Waals surface area contributed by atoms with Gasteiger partial charge < -0.3 is 10.2 Å². The summed E-state index contributed by atoms with van der Waals surface area (Å²) in [6.45, 7) is 0.959. The van der Waals surface area contributed by atoms with Crippen molar-refractivity contribution < 1.29 is 19.2 Å². The monoisotopic (exact) mass is 405 g/mol. The first-order valence-electron chi connectivity index (χ1n) is 10.1. The second-order valence-electron chi connectivity index (χ2n) is 7.62. The minimum absolute atomic E-state index is 0.0832. The Kier molecular flexibility index (Phi) is 5.61. The van der Waals surface area contributed by atoms with Gasteiger partial charge in [0.25, 0.3) is 5.91 Å². The summed E-state index contributed by atoms with van der Waals surface area (Å²) in [4.78, 5) is 52.1. The van der Waals surface area contributed by atoms with Crippen LogP contribution in [0.25, 0.3) is 0 Å². The van der Waals surface area contributed by atoms with Gasteiger partial charge in [0.1, 0.15) is 0 Å². The molecule has 0 aromatic heterocycles. The van der Waals surface area contributed by atoms with E-state index in [9.17, 15) is 19.2 Å². The Morgan fingerprint density at radius 2 is 1.57 bits per heavy atom. The van der Waals surface area contributed by atoms with Gasteiger partial charge in [0.05, 0.1) is 11.6 Å². The number of hydrogen-bond acceptors (Lipinski definition) is 4. The van der Waals surface area contributed by atoms with E-state index in [1.54, 1.807) is 29.2 Å². The van der Waals surface area contributed by atoms with E-state index in [0.29, 0.717) is 24.3 Å². The van der Waals surface area contributed by atoms with Crippen LogP contribution in [0.2, 0.25) is 0 Å². The first-order valence-corrected chi connectivity index (χ1v) is 10.1. The Morgan fingerprint density at radius 1 is 0.900 bits per heavy atom. The normalized spacial score (nSPS) is 19.1. The number of para-hydroxylation sites is 1. The minimum atomic E-state index is -0.262. The molecule has 7 heteroatoms. The van der Waals surface area contributed by atoms with Gasteiger partial charge in [0, 0.05) is 37.2 Å². The van der Waals surface area contributed by atoms with E-state index in [4.69, 9.17) is 0 Å². The lowest BCUT2D eigenvalue weighted by Crippen LogP contribution is -2.43. The number of imide groups is 1. The highest BCUT2D eigenvalue weighted by atomic mass is 16.2. The molecule has 0 radical (unpaired) electrons. The standard InChI is InChI=1S/C23H23N3O4/c27-20-12-13-21(28)26(20)19-10-8-16(9-11-19)23(30)25-14-4-5-17(15-25)22(29)24-18-6-2-1-3-7-18/h1-3,6-11,17H,4-5,12-15H2,(H,24,29). The van der Waals surface area contributed by atoms with E-state index in [-0.39, 0.29) is 42.4 Å². The summed E-state index contributed by atoms with van der Waals surface area (Å²) in [6.07, 6.45) is 1.94. The zero-order valence-electron chi connectivity index (χ0n) is 16.5. The third-order valence-electron chi connectivity index (χ3n) is 5.54. The molecule has 30 heavy (non-hydrogen) atoms. The molecule has 4 amide bonds. The molecule has 2 aromatic carbocycles. The van der Waals surface area contributed by atoms with E-state index in [0.717, 1.165) is 18.5 Å². The van der Waals surface area contributed by atoms with Crippen molar-refractivity contribution in [2.24, 2.45) is 5.92 Å². The van der Waals surface area contributed by atoms with Crippen molar-refractivity contribution in [3.8, 4) is 0 Å². The number of hydrogen-bond donors (Lipinski definition) is 1. The third kappa shape index (κ3) is 4.10. The highest BCUT2D eigenvalue weighted by molar-refractivity contribution is 6.19. The van der Waals surface area contributed by atoms with Crippen LogP contribution in [0.15, 0.2) is 54.6 Å². The molecular weight excluding hydrogens is 382 g/mol. The predicted octanol–water partition coefficient (Wildman–Crippen LogP) is 2.83. The largest absolute Gasteiger partial charge is 0.338 e. The lowest BCUT2D eigenvalue weighted by molar-refractivity contribution is -0.122. The summed E-state index contributed by atoms with van der Waals surface area (Å²) in [6, 6.07) is 15.8. The van der Waals surface area contributed by atoms with Crippen molar-refractivity contribution in [2.45, 2.75) is 25.7 Å². The SMILES string of the molecule is O=C(Nc1ccccc1)C1CCCN(C(=O)c2ccc(N3C(=O)CCC3=O)cc2)C1. The van der Waals surface area contributed by atoms with Crippen LogP contribution in [-0.4, -0.2) is 41.6 Å². The van der Waals surface area contributed by atoms with Gasteiger partial charge in [0.2, 0.25) is 17.7 Å². The Balaban J connectivity index is 1.41. The topological polar surface area (TPSA) is 86.8 Å². The maximum absolute atomic E-state index is 12.9. The highest BCUT2D eigenvalue weighted by Gasteiger charge is 2.31. The molecule has 2 aliphatic rings. The average Bonchev–Trinajstić information content (AvgIpc) is 3.12. The molecule has 1 atom stereocenters. The zero-order chi connectivity index (χ0) is 21.1. The maximum Gasteiger partial charge on any atom is 0.253 e. The Morgan fingerprint density at radius 3 is 2.23 bits per heavy atom. The fraction of sp³-hybridized carbons (Fsp3) is 0.304. The van der Waals surface area contributed by atoms with Crippen molar-refractivity contribution in [1.29, 1.82) is 0 Å². The zero-order valence-corrected chi connectivity index (χ0v) is 16.5. The van der Waals surface area contributed by atoms with Gasteiger partial charge in [-0.15, -0.1) is 0 Å². The Labute approximate surface area is 174 Å². The van der Waals surface area contributed by atoms with Crippen LogP contribution < -0.4 is 10.2 Å². The summed E-state index contributed by atoms with van der Waals surface area (Å²) in [5.74, 6) is -0.940. The molecule has 2 aromatic rings. The number of benzene rings is 2. The van der Waals surface area contributed by atoms with E-state index >= 15 is 0 Å². The smallest absolute Gasteiger partial charge is 0.253 e. The number of nitrogens with one attached hydrogen (secondary N) is 1. The molecule has 0 saturated carbocycles. The molecule has 154 valence electrons. The summed E-state index contributed by atoms with van der Waals surface area (Å²) in [5, 5.41) is 2.91. The van der Waals surface area contributed by atoms with Crippen LogP contribution >= 0.6 is 0 Å². The van der Waals surface area contributed by atoms with Crippen molar-refractivity contribution in [2.75, 3.05) is 23.3 Å². The number of carbonyl (C=O) groups excluding carboxylic acids is 4. The van der Waals surface area contributed by atoms with Crippen LogP contribution in [0.4, 0.5) is 11.4 Å². The lowest BCUT2D eigenvalue weighted by atomic mass is 9.96. The predicted molar refractivity (Wildman–Crippen MR) is 112 cm³/mol. The summed E-state index contributed by atoms with van der Waals surface area (Å²) in [5.41, 5.74) is 1.70. The molecule has 0 spiro atoms. The van der Waals surface area contributed by atoms with Crippen LogP contribution in [0.1, 0.15) is 36.0 Å². The van der Waals surface area contributed by atoms with Crippen molar-refractivity contribution in [3.05, 3.63) is 60.2 Å². The molecule has 2 heterocycles. The summed E-state index contributed by atoms with van der Waals surface area (Å²) >= 11 is 0. The van der Waals surface area contributed by atoms with Gasteiger partial charge in [-0.1, -0.05) is 18.2 Å². The number of amides is 4. The molecule has 0 aliphatic carbocycles. The Bertz CT molecular complexity index is 956. The second-order valence-corrected chi connectivity index (χ2v) is 7.62. The first kappa shape index (κ1) is 19.8. The molecule has 4 rings (SSSR count). The number of rotatable bonds is 4. The quantitative estimate of drug-likeness (QED) is 0.793. The van der Waals surface area contributed by atoms with E-state index < -0.39 is 0 Å². The number of carbonyl (C=O) groups is 4. The highest BCUT2D eigenvalue weighted by Crippen LogP contribution is 2.25. The van der Waals surface area contributed by atoms with Gasteiger partial charge in [-0.3, -0.25) is 24.1 Å². The molecule has 2 fully saturated rings. The molecule has 7 nitrogen and oxygen atoms in total. The molecule has 2 saturated heterocycles. The third-order valence-corrected chi connectivity index (χ3v) is 5.54. The molecular formula is C23H23N3O4. The van der Waals surface area contributed by atoms with Crippen LogP contribution in [-0.2, 0) is 14.4 Å².